The van der Waals surface area contributed by atoms with Gasteiger partial charge in [0.05, 0.1) is 10.6 Å². The molecule has 0 aromatic heterocycles. The average molecular weight is 632 g/mol. The third kappa shape index (κ3) is 8.49. The Morgan fingerprint density at radius 3 is 1.91 bits per heavy atom. The molecule has 1 atom stereocenters. The zero-order valence-corrected chi connectivity index (χ0v) is 26.8. The van der Waals surface area contributed by atoms with Crippen LogP contribution in [0.25, 0.3) is 0 Å². The summed E-state index contributed by atoms with van der Waals surface area (Å²) in [6.45, 7) is 5.30. The second-order valence-corrected chi connectivity index (χ2v) is 13.2. The van der Waals surface area contributed by atoms with Crippen molar-refractivity contribution in [3.63, 3.8) is 0 Å². The van der Waals surface area contributed by atoms with E-state index in [1.54, 1.807) is 54.6 Å². The summed E-state index contributed by atoms with van der Waals surface area (Å²) in [6.07, 6.45) is 1.03. The number of carbonyl (C=O) groups is 2. The highest BCUT2D eigenvalue weighted by molar-refractivity contribution is 7.92. The van der Waals surface area contributed by atoms with Gasteiger partial charge in [0.1, 0.15) is 12.6 Å². The first-order chi connectivity index (χ1) is 21.1. The maximum atomic E-state index is 14.4. The first-order valence-corrected chi connectivity index (χ1v) is 16.4. The number of aryl methyl sites for hydroxylation is 1. The van der Waals surface area contributed by atoms with E-state index in [0.29, 0.717) is 10.7 Å². The lowest BCUT2D eigenvalue weighted by molar-refractivity contribution is -0.140. The van der Waals surface area contributed by atoms with Crippen molar-refractivity contribution >= 4 is 39.1 Å². The molecule has 4 aromatic rings. The Balaban J connectivity index is 1.79. The Morgan fingerprint density at radius 2 is 1.34 bits per heavy atom. The molecular formula is C35H38ClN3O4S. The minimum atomic E-state index is -4.14. The van der Waals surface area contributed by atoms with Crippen LogP contribution in [-0.4, -0.2) is 43.8 Å². The smallest absolute Gasteiger partial charge is 0.264 e. The lowest BCUT2D eigenvalue weighted by atomic mass is 10.0. The Kier molecular flexibility index (Phi) is 11.2. The highest BCUT2D eigenvalue weighted by Crippen LogP contribution is 2.26. The third-order valence-corrected chi connectivity index (χ3v) is 9.25. The van der Waals surface area contributed by atoms with E-state index in [0.717, 1.165) is 27.4 Å². The van der Waals surface area contributed by atoms with Crippen molar-refractivity contribution in [1.29, 1.82) is 0 Å². The molecule has 0 saturated carbocycles. The van der Waals surface area contributed by atoms with Crippen LogP contribution in [0.5, 0.6) is 0 Å². The maximum Gasteiger partial charge on any atom is 0.264 e. The summed E-state index contributed by atoms with van der Waals surface area (Å²) >= 11 is 6.14. The van der Waals surface area contributed by atoms with Gasteiger partial charge in [0.15, 0.2) is 0 Å². The van der Waals surface area contributed by atoms with E-state index in [4.69, 9.17) is 11.6 Å². The molecule has 9 heteroatoms. The molecule has 1 N–H and O–H groups in total. The Labute approximate surface area is 265 Å². The van der Waals surface area contributed by atoms with Crippen molar-refractivity contribution in [2.45, 2.75) is 57.1 Å². The van der Waals surface area contributed by atoms with Crippen LogP contribution in [0.1, 0.15) is 37.5 Å². The zero-order chi connectivity index (χ0) is 31.7. The molecule has 0 radical (unpaired) electrons. The molecule has 0 heterocycles. The number of nitrogens with one attached hydrogen (secondary N) is 1. The fraction of sp³-hybridized carbons (Fsp3) is 0.257. The molecule has 2 amide bonds. The van der Waals surface area contributed by atoms with Gasteiger partial charge in [-0.25, -0.2) is 8.42 Å². The molecule has 7 nitrogen and oxygen atoms in total. The molecule has 230 valence electrons. The fourth-order valence-corrected chi connectivity index (χ4v) is 6.43. The van der Waals surface area contributed by atoms with Gasteiger partial charge in [-0.3, -0.25) is 13.9 Å². The largest absolute Gasteiger partial charge is 0.352 e. The summed E-state index contributed by atoms with van der Waals surface area (Å²) in [6, 6.07) is 30.6. The molecule has 44 heavy (non-hydrogen) atoms. The lowest BCUT2D eigenvalue weighted by Gasteiger charge is -2.34. The molecule has 0 unspecified atom stereocenters. The molecular weight excluding hydrogens is 594 g/mol. The van der Waals surface area contributed by atoms with Crippen molar-refractivity contribution in [3.8, 4) is 0 Å². The highest BCUT2D eigenvalue weighted by Gasteiger charge is 2.34. The Hall–Kier alpha value is -4.14. The van der Waals surface area contributed by atoms with Crippen LogP contribution in [0.3, 0.4) is 0 Å². The van der Waals surface area contributed by atoms with Gasteiger partial charge >= 0.3 is 0 Å². The number of carbonyl (C=O) groups excluding carboxylic acids is 2. The van der Waals surface area contributed by atoms with E-state index >= 15 is 0 Å². The van der Waals surface area contributed by atoms with Gasteiger partial charge in [-0.15, -0.1) is 0 Å². The van der Waals surface area contributed by atoms with Crippen LogP contribution in [0, 0.1) is 0 Å². The lowest BCUT2D eigenvalue weighted by Crippen LogP contribution is -2.54. The van der Waals surface area contributed by atoms with E-state index in [9.17, 15) is 18.0 Å². The summed E-state index contributed by atoms with van der Waals surface area (Å²) in [5.74, 6) is -0.838. The molecule has 0 bridgehead atoms. The minimum absolute atomic E-state index is 0.0648. The first-order valence-electron chi connectivity index (χ1n) is 14.6. The molecule has 4 rings (SSSR count). The van der Waals surface area contributed by atoms with Gasteiger partial charge in [0, 0.05) is 24.0 Å². The molecule has 0 saturated heterocycles. The third-order valence-electron chi connectivity index (χ3n) is 7.21. The van der Waals surface area contributed by atoms with Crippen molar-refractivity contribution in [3.05, 3.63) is 131 Å². The number of anilines is 1. The van der Waals surface area contributed by atoms with Crippen LogP contribution >= 0.6 is 11.6 Å². The number of hydrogen-bond acceptors (Lipinski definition) is 4. The van der Waals surface area contributed by atoms with E-state index in [2.05, 4.69) is 5.32 Å². The molecule has 0 aliphatic rings. The summed E-state index contributed by atoms with van der Waals surface area (Å²) < 4.78 is 29.2. The second kappa shape index (κ2) is 15.0. The number of nitrogens with zero attached hydrogens (tertiary/aromatic N) is 2. The van der Waals surface area contributed by atoms with Gasteiger partial charge in [-0.1, -0.05) is 91.3 Å². The van der Waals surface area contributed by atoms with E-state index in [1.165, 1.54) is 17.0 Å². The Morgan fingerprint density at radius 1 is 0.773 bits per heavy atom. The van der Waals surface area contributed by atoms with Gasteiger partial charge in [-0.05, 0) is 73.4 Å². The van der Waals surface area contributed by atoms with Crippen molar-refractivity contribution in [2.75, 3.05) is 10.8 Å². The number of amides is 2. The zero-order valence-electron chi connectivity index (χ0n) is 25.2. The predicted octanol–water partition coefficient (Wildman–Crippen LogP) is 6.26. The Bertz CT molecular complexity index is 1630. The number of hydrogen-bond donors (Lipinski definition) is 1. The maximum absolute atomic E-state index is 14.4. The van der Waals surface area contributed by atoms with Crippen LogP contribution in [0.2, 0.25) is 5.02 Å². The van der Waals surface area contributed by atoms with Gasteiger partial charge in [0.25, 0.3) is 10.0 Å². The van der Waals surface area contributed by atoms with Crippen LogP contribution in [0.15, 0.2) is 114 Å². The predicted molar refractivity (Wildman–Crippen MR) is 176 cm³/mol. The minimum Gasteiger partial charge on any atom is -0.352 e. The molecule has 0 spiro atoms. The van der Waals surface area contributed by atoms with Crippen molar-refractivity contribution < 1.29 is 18.0 Å². The second-order valence-electron chi connectivity index (χ2n) is 10.9. The fourth-order valence-electron chi connectivity index (χ4n) is 4.87. The van der Waals surface area contributed by atoms with Gasteiger partial charge in [0.2, 0.25) is 11.8 Å². The molecule has 0 fully saturated rings. The normalized spacial score (nSPS) is 12.0. The molecule has 4 aromatic carbocycles. The SMILES string of the molecule is CCc1ccc(N(CC(=O)N(Cc2ccc(Cl)cc2)[C@@H](Cc2ccccc2)C(=O)NC(C)C)S(=O)(=O)c2ccccc2)cc1. The summed E-state index contributed by atoms with van der Waals surface area (Å²) in [5.41, 5.74) is 3.02. The topological polar surface area (TPSA) is 86.8 Å². The molecule has 0 aliphatic carbocycles. The van der Waals surface area contributed by atoms with Crippen molar-refractivity contribution in [2.24, 2.45) is 0 Å². The van der Waals surface area contributed by atoms with Crippen LogP contribution in [-0.2, 0) is 39.0 Å². The summed E-state index contributed by atoms with van der Waals surface area (Å²) in [4.78, 5) is 29.7. The van der Waals surface area contributed by atoms with Crippen molar-refractivity contribution in [1.82, 2.24) is 10.2 Å². The van der Waals surface area contributed by atoms with E-state index in [-0.39, 0.29) is 29.8 Å². The van der Waals surface area contributed by atoms with Crippen LogP contribution in [0.4, 0.5) is 5.69 Å². The van der Waals surface area contributed by atoms with Gasteiger partial charge < -0.3 is 10.2 Å². The standard InChI is InChI=1S/C35H38ClN3O4S/c1-4-27-17-21-31(22-18-27)39(44(42,43)32-13-9-6-10-14-32)25-34(40)38(24-29-15-19-30(36)20-16-29)33(35(41)37-26(2)3)23-28-11-7-5-8-12-28/h5-22,26,33H,4,23-25H2,1-3H3,(H,37,41)/t33-/m0/s1. The highest BCUT2D eigenvalue weighted by atomic mass is 35.5. The quantitative estimate of drug-likeness (QED) is 0.189. The monoisotopic (exact) mass is 631 g/mol. The number of sulfonamides is 1. The van der Waals surface area contributed by atoms with Crippen LogP contribution < -0.4 is 9.62 Å². The van der Waals surface area contributed by atoms with Gasteiger partial charge in [-0.2, -0.15) is 0 Å². The number of halogens is 1. The molecule has 0 aliphatic heterocycles. The number of rotatable bonds is 13. The van der Waals surface area contributed by atoms with E-state index in [1.807, 2.05) is 63.2 Å². The first kappa shape index (κ1) is 32.8. The average Bonchev–Trinajstić information content (AvgIpc) is 3.03. The summed E-state index contributed by atoms with van der Waals surface area (Å²) in [5, 5.41) is 3.50. The van der Waals surface area contributed by atoms with E-state index < -0.39 is 28.5 Å². The number of benzene rings is 4. The summed E-state index contributed by atoms with van der Waals surface area (Å²) in [7, 11) is -4.14.